The van der Waals surface area contributed by atoms with Gasteiger partial charge in [0, 0.05) is 10.6 Å². The number of hydrogen-bond donors (Lipinski definition) is 1. The highest BCUT2D eigenvalue weighted by Crippen LogP contribution is 2.19. The fourth-order valence-corrected chi connectivity index (χ4v) is 2.69. The summed E-state index contributed by atoms with van der Waals surface area (Å²) >= 11 is 5.87. The Hall–Kier alpha value is -2.00. The Morgan fingerprint density at radius 2 is 1.75 bits per heavy atom. The molecule has 1 unspecified atom stereocenters. The second-order valence-corrected chi connectivity index (χ2v) is 6.94. The minimum Gasteiger partial charge on any atom is -0.481 e. The molecule has 0 bridgehead atoms. The van der Waals surface area contributed by atoms with E-state index in [-0.39, 0.29) is 11.4 Å². The highest BCUT2D eigenvalue weighted by atomic mass is 35.5. The summed E-state index contributed by atoms with van der Waals surface area (Å²) in [7, 11) is 0. The third kappa shape index (κ3) is 5.57. The Balaban J connectivity index is 1.98. The summed E-state index contributed by atoms with van der Waals surface area (Å²) in [6, 6.07) is 17.2. The lowest BCUT2D eigenvalue weighted by Crippen LogP contribution is -2.50. The van der Waals surface area contributed by atoms with Gasteiger partial charge in [0.1, 0.15) is 5.75 Å². The van der Waals surface area contributed by atoms with Gasteiger partial charge in [-0.1, -0.05) is 48.9 Å². The van der Waals surface area contributed by atoms with Crippen LogP contribution in [0.15, 0.2) is 54.6 Å². The van der Waals surface area contributed by atoms with Gasteiger partial charge in [-0.05, 0) is 56.5 Å². The largest absolute Gasteiger partial charge is 0.481 e. The zero-order chi connectivity index (χ0) is 17.6. The molecule has 0 radical (unpaired) electrons. The van der Waals surface area contributed by atoms with Gasteiger partial charge in [0.05, 0.1) is 0 Å². The molecule has 0 aliphatic rings. The molecule has 1 amide bonds. The molecule has 128 valence electrons. The quantitative estimate of drug-likeness (QED) is 0.794. The van der Waals surface area contributed by atoms with Crippen LogP contribution < -0.4 is 10.1 Å². The lowest BCUT2D eigenvalue weighted by Gasteiger charge is -2.29. The molecular weight excluding hydrogens is 322 g/mol. The SMILES string of the molecule is CCC(Oc1ccc(Cl)cc1)C(=O)NC(C)(C)Cc1ccccc1. The van der Waals surface area contributed by atoms with Crippen molar-refractivity contribution in [3.8, 4) is 5.75 Å². The molecule has 2 aromatic carbocycles. The molecule has 24 heavy (non-hydrogen) atoms. The number of carbonyl (C=O) groups excluding carboxylic acids is 1. The van der Waals surface area contributed by atoms with E-state index in [1.54, 1.807) is 24.3 Å². The summed E-state index contributed by atoms with van der Waals surface area (Å²) < 4.78 is 5.81. The maximum atomic E-state index is 12.6. The summed E-state index contributed by atoms with van der Waals surface area (Å²) in [5, 5.41) is 3.74. The monoisotopic (exact) mass is 345 g/mol. The fraction of sp³-hybridized carbons (Fsp3) is 0.350. The van der Waals surface area contributed by atoms with E-state index >= 15 is 0 Å². The molecule has 1 N–H and O–H groups in total. The zero-order valence-corrected chi connectivity index (χ0v) is 15.1. The lowest BCUT2D eigenvalue weighted by molar-refractivity contribution is -0.129. The number of nitrogens with one attached hydrogen (secondary N) is 1. The summed E-state index contributed by atoms with van der Waals surface area (Å²) in [6.45, 7) is 5.98. The average Bonchev–Trinajstić information content (AvgIpc) is 2.54. The summed E-state index contributed by atoms with van der Waals surface area (Å²) in [6.07, 6.45) is 0.827. The second-order valence-electron chi connectivity index (χ2n) is 6.50. The molecule has 4 heteroatoms. The van der Waals surface area contributed by atoms with Crippen molar-refractivity contribution in [1.29, 1.82) is 0 Å². The Bertz CT molecular complexity index is 653. The number of halogens is 1. The van der Waals surface area contributed by atoms with E-state index in [2.05, 4.69) is 17.4 Å². The third-order valence-corrected chi connectivity index (χ3v) is 3.96. The van der Waals surface area contributed by atoms with Crippen molar-refractivity contribution in [2.45, 2.75) is 45.3 Å². The lowest BCUT2D eigenvalue weighted by atomic mass is 9.94. The summed E-state index contributed by atoms with van der Waals surface area (Å²) in [5.41, 5.74) is 0.837. The van der Waals surface area contributed by atoms with Crippen LogP contribution in [0.2, 0.25) is 5.02 Å². The first kappa shape index (κ1) is 18.3. The van der Waals surface area contributed by atoms with Gasteiger partial charge in [-0.2, -0.15) is 0 Å². The van der Waals surface area contributed by atoms with Crippen LogP contribution in [0, 0.1) is 0 Å². The molecule has 0 aliphatic heterocycles. The van der Waals surface area contributed by atoms with E-state index in [4.69, 9.17) is 16.3 Å². The fourth-order valence-electron chi connectivity index (χ4n) is 2.56. The zero-order valence-electron chi connectivity index (χ0n) is 14.4. The Labute approximate surface area is 149 Å². The predicted octanol–water partition coefficient (Wildman–Crippen LogP) is 4.63. The van der Waals surface area contributed by atoms with Crippen LogP contribution in [-0.4, -0.2) is 17.6 Å². The summed E-state index contributed by atoms with van der Waals surface area (Å²) in [4.78, 5) is 12.6. The van der Waals surface area contributed by atoms with E-state index in [1.807, 2.05) is 39.0 Å². The van der Waals surface area contributed by atoms with Gasteiger partial charge >= 0.3 is 0 Å². The normalized spacial score (nSPS) is 12.5. The maximum Gasteiger partial charge on any atom is 0.261 e. The van der Waals surface area contributed by atoms with Crippen LogP contribution in [-0.2, 0) is 11.2 Å². The minimum atomic E-state index is -0.527. The van der Waals surface area contributed by atoms with Crippen molar-refractivity contribution >= 4 is 17.5 Å². The van der Waals surface area contributed by atoms with Crippen molar-refractivity contribution < 1.29 is 9.53 Å². The van der Waals surface area contributed by atoms with E-state index < -0.39 is 6.10 Å². The smallest absolute Gasteiger partial charge is 0.261 e. The van der Waals surface area contributed by atoms with E-state index in [9.17, 15) is 4.79 Å². The highest BCUT2D eigenvalue weighted by Gasteiger charge is 2.26. The van der Waals surface area contributed by atoms with Gasteiger partial charge in [0.2, 0.25) is 0 Å². The first-order chi connectivity index (χ1) is 11.4. The number of rotatable bonds is 7. The first-order valence-corrected chi connectivity index (χ1v) is 8.55. The van der Waals surface area contributed by atoms with Crippen molar-refractivity contribution in [3.05, 3.63) is 65.2 Å². The molecule has 2 aromatic rings. The van der Waals surface area contributed by atoms with Crippen molar-refractivity contribution in [3.63, 3.8) is 0 Å². The van der Waals surface area contributed by atoms with E-state index in [1.165, 1.54) is 5.56 Å². The Morgan fingerprint density at radius 1 is 1.12 bits per heavy atom. The average molecular weight is 346 g/mol. The molecule has 0 fully saturated rings. The molecule has 0 aliphatic carbocycles. The van der Waals surface area contributed by atoms with Gasteiger partial charge in [0.25, 0.3) is 5.91 Å². The molecule has 0 saturated carbocycles. The first-order valence-electron chi connectivity index (χ1n) is 8.18. The van der Waals surface area contributed by atoms with Crippen LogP contribution in [0.25, 0.3) is 0 Å². The number of ether oxygens (including phenoxy) is 1. The van der Waals surface area contributed by atoms with Crippen LogP contribution in [0.5, 0.6) is 5.75 Å². The van der Waals surface area contributed by atoms with Crippen LogP contribution >= 0.6 is 11.6 Å². The Morgan fingerprint density at radius 3 is 2.33 bits per heavy atom. The van der Waals surface area contributed by atoms with Gasteiger partial charge in [-0.25, -0.2) is 0 Å². The van der Waals surface area contributed by atoms with Gasteiger partial charge in [-0.3, -0.25) is 4.79 Å². The van der Waals surface area contributed by atoms with Gasteiger partial charge in [-0.15, -0.1) is 0 Å². The molecular formula is C20H24ClNO2. The van der Waals surface area contributed by atoms with E-state index in [0.29, 0.717) is 17.2 Å². The van der Waals surface area contributed by atoms with Crippen LogP contribution in [0.3, 0.4) is 0 Å². The molecule has 2 rings (SSSR count). The molecule has 0 heterocycles. The maximum absolute atomic E-state index is 12.6. The van der Waals surface area contributed by atoms with Crippen molar-refractivity contribution in [1.82, 2.24) is 5.32 Å². The van der Waals surface area contributed by atoms with Crippen molar-refractivity contribution in [2.75, 3.05) is 0 Å². The molecule has 0 aromatic heterocycles. The topological polar surface area (TPSA) is 38.3 Å². The summed E-state index contributed by atoms with van der Waals surface area (Å²) in [5.74, 6) is 0.538. The molecule has 3 nitrogen and oxygen atoms in total. The van der Waals surface area contributed by atoms with Gasteiger partial charge in [0.15, 0.2) is 6.10 Å². The number of amides is 1. The standard InChI is InChI=1S/C20H24ClNO2/c1-4-18(24-17-12-10-16(21)11-13-17)19(23)22-20(2,3)14-15-8-6-5-7-9-15/h5-13,18H,4,14H2,1-3H3,(H,22,23). The molecule has 1 atom stereocenters. The molecule has 0 saturated heterocycles. The minimum absolute atomic E-state index is 0.103. The van der Waals surface area contributed by atoms with Crippen molar-refractivity contribution in [2.24, 2.45) is 0 Å². The van der Waals surface area contributed by atoms with Crippen LogP contribution in [0.4, 0.5) is 0 Å². The van der Waals surface area contributed by atoms with Gasteiger partial charge < -0.3 is 10.1 Å². The molecule has 0 spiro atoms. The van der Waals surface area contributed by atoms with E-state index in [0.717, 1.165) is 6.42 Å². The predicted molar refractivity (Wildman–Crippen MR) is 98.5 cm³/mol. The second kappa shape index (κ2) is 8.20. The van der Waals surface area contributed by atoms with Crippen LogP contribution in [0.1, 0.15) is 32.8 Å². The third-order valence-electron chi connectivity index (χ3n) is 3.71. The Kier molecular flexibility index (Phi) is 6.27. The number of benzene rings is 2. The highest BCUT2D eigenvalue weighted by molar-refractivity contribution is 6.30. The number of hydrogen-bond acceptors (Lipinski definition) is 2. The number of carbonyl (C=O) groups is 1.